The first-order valence-electron chi connectivity index (χ1n) is 4.88. The molecule has 0 aliphatic heterocycles. The van der Waals surface area contributed by atoms with Gasteiger partial charge in [0, 0.05) is 0 Å². The number of rotatable bonds is 5. The van der Waals surface area contributed by atoms with Crippen LogP contribution < -0.4 is 11.5 Å². The Labute approximate surface area is 103 Å². The molecule has 0 radical (unpaired) electrons. The number of carbonyl (C=O) groups is 2. The van der Waals surface area contributed by atoms with E-state index in [2.05, 4.69) is 4.98 Å². The average molecular weight is 255 g/mol. The molecule has 0 unspecified atom stereocenters. The Bertz CT molecular complexity index is 437. The lowest BCUT2D eigenvalue weighted by molar-refractivity contribution is -0.139. The van der Waals surface area contributed by atoms with Crippen molar-refractivity contribution < 1.29 is 14.3 Å². The zero-order valence-electron chi connectivity index (χ0n) is 9.30. The van der Waals surface area contributed by atoms with E-state index in [1.54, 1.807) is 6.92 Å². The molecule has 1 heterocycles. The molecule has 1 amide bonds. The van der Waals surface area contributed by atoms with E-state index in [9.17, 15) is 9.59 Å². The fraction of sp³-hybridized carbons (Fsp3) is 0.300. The summed E-state index contributed by atoms with van der Waals surface area (Å²) >= 11 is 1.09. The summed E-state index contributed by atoms with van der Waals surface area (Å²) < 4.78 is 4.76. The third kappa shape index (κ3) is 3.95. The molecule has 0 aliphatic carbocycles. The number of ether oxygens (including phenoxy) is 1. The highest BCUT2D eigenvalue weighted by molar-refractivity contribution is 8.00. The maximum absolute atomic E-state index is 11.2. The second-order valence-electron chi connectivity index (χ2n) is 3.08. The van der Waals surface area contributed by atoms with Crippen LogP contribution in [0.2, 0.25) is 0 Å². The highest BCUT2D eigenvalue weighted by Gasteiger charge is 2.12. The second-order valence-corrected chi connectivity index (χ2v) is 4.04. The van der Waals surface area contributed by atoms with Crippen molar-refractivity contribution in [2.45, 2.75) is 11.9 Å². The number of carbonyl (C=O) groups excluding carboxylic acids is 2. The normalized spacial score (nSPS) is 9.94. The molecule has 17 heavy (non-hydrogen) atoms. The van der Waals surface area contributed by atoms with E-state index in [0.29, 0.717) is 17.3 Å². The lowest BCUT2D eigenvalue weighted by Gasteiger charge is -2.06. The first kappa shape index (κ1) is 13.3. The number of primary amides is 1. The number of thioether (sulfide) groups is 1. The molecule has 92 valence electrons. The quantitative estimate of drug-likeness (QED) is 0.583. The molecule has 0 saturated heterocycles. The van der Waals surface area contributed by atoms with Gasteiger partial charge in [0.15, 0.2) is 0 Å². The van der Waals surface area contributed by atoms with Gasteiger partial charge in [0.1, 0.15) is 5.03 Å². The summed E-state index contributed by atoms with van der Waals surface area (Å²) in [7, 11) is 0. The highest BCUT2D eigenvalue weighted by atomic mass is 32.2. The van der Waals surface area contributed by atoms with Crippen LogP contribution in [0.1, 0.15) is 17.3 Å². The van der Waals surface area contributed by atoms with Crippen LogP contribution in [0.3, 0.4) is 0 Å². The van der Waals surface area contributed by atoms with Gasteiger partial charge in [0.05, 0.1) is 29.8 Å². The van der Waals surface area contributed by atoms with E-state index in [0.717, 1.165) is 11.8 Å². The van der Waals surface area contributed by atoms with Gasteiger partial charge in [0.25, 0.3) is 5.91 Å². The van der Waals surface area contributed by atoms with Gasteiger partial charge in [-0.25, -0.2) is 4.98 Å². The van der Waals surface area contributed by atoms with Crippen LogP contribution in [0.25, 0.3) is 0 Å². The van der Waals surface area contributed by atoms with E-state index >= 15 is 0 Å². The van der Waals surface area contributed by atoms with Crippen molar-refractivity contribution in [3.05, 3.63) is 17.8 Å². The molecule has 1 rings (SSSR count). The lowest BCUT2D eigenvalue weighted by Crippen LogP contribution is -2.14. The minimum atomic E-state index is -0.629. The number of amides is 1. The van der Waals surface area contributed by atoms with Crippen molar-refractivity contribution in [3.63, 3.8) is 0 Å². The van der Waals surface area contributed by atoms with Gasteiger partial charge in [0.2, 0.25) is 0 Å². The minimum Gasteiger partial charge on any atom is -0.465 e. The summed E-state index contributed by atoms with van der Waals surface area (Å²) in [5.41, 5.74) is 11.2. The van der Waals surface area contributed by atoms with Crippen molar-refractivity contribution in [3.8, 4) is 0 Å². The van der Waals surface area contributed by atoms with Crippen LogP contribution in [-0.2, 0) is 9.53 Å². The minimum absolute atomic E-state index is 0.0744. The Morgan fingerprint density at radius 2 is 2.24 bits per heavy atom. The van der Waals surface area contributed by atoms with E-state index < -0.39 is 5.91 Å². The number of pyridine rings is 1. The Morgan fingerprint density at radius 3 is 2.82 bits per heavy atom. The zero-order chi connectivity index (χ0) is 12.8. The summed E-state index contributed by atoms with van der Waals surface area (Å²) in [5, 5.41) is 0.375. The molecule has 0 spiro atoms. The molecule has 7 heteroatoms. The summed E-state index contributed by atoms with van der Waals surface area (Å²) in [6, 6.07) is 1.43. The number of hydrogen-bond acceptors (Lipinski definition) is 6. The van der Waals surface area contributed by atoms with Crippen molar-refractivity contribution >= 4 is 29.3 Å². The molecule has 0 atom stereocenters. The number of nitrogens with two attached hydrogens (primary N) is 2. The van der Waals surface area contributed by atoms with Gasteiger partial charge >= 0.3 is 5.97 Å². The molecule has 0 fully saturated rings. The number of esters is 1. The number of nitrogen functional groups attached to an aromatic ring is 1. The molecule has 0 saturated carbocycles. The van der Waals surface area contributed by atoms with Gasteiger partial charge in [-0.2, -0.15) is 0 Å². The Balaban J connectivity index is 2.77. The van der Waals surface area contributed by atoms with Crippen LogP contribution in [0.4, 0.5) is 5.69 Å². The third-order valence-corrected chi connectivity index (χ3v) is 2.75. The Hall–Kier alpha value is -1.76. The van der Waals surface area contributed by atoms with Crippen molar-refractivity contribution in [2.75, 3.05) is 18.1 Å². The van der Waals surface area contributed by atoms with Crippen molar-refractivity contribution in [2.24, 2.45) is 5.73 Å². The molecule has 1 aromatic heterocycles. The lowest BCUT2D eigenvalue weighted by atomic mass is 10.2. The molecule has 0 aromatic carbocycles. The highest BCUT2D eigenvalue weighted by Crippen LogP contribution is 2.21. The van der Waals surface area contributed by atoms with Crippen LogP contribution in [0, 0.1) is 0 Å². The van der Waals surface area contributed by atoms with Gasteiger partial charge in [-0.15, -0.1) is 0 Å². The van der Waals surface area contributed by atoms with Crippen molar-refractivity contribution in [1.29, 1.82) is 0 Å². The smallest absolute Gasteiger partial charge is 0.316 e. The third-order valence-electron chi connectivity index (χ3n) is 1.77. The number of aromatic nitrogens is 1. The first-order valence-corrected chi connectivity index (χ1v) is 5.87. The number of hydrogen-bond donors (Lipinski definition) is 2. The van der Waals surface area contributed by atoms with Crippen molar-refractivity contribution in [1.82, 2.24) is 4.98 Å². The molecule has 1 aromatic rings. The second kappa shape index (κ2) is 6.09. The first-order chi connectivity index (χ1) is 8.04. The van der Waals surface area contributed by atoms with Gasteiger partial charge < -0.3 is 16.2 Å². The number of anilines is 1. The average Bonchev–Trinajstić information content (AvgIpc) is 2.27. The Kier molecular flexibility index (Phi) is 4.77. The molecule has 6 nitrogen and oxygen atoms in total. The zero-order valence-corrected chi connectivity index (χ0v) is 10.1. The fourth-order valence-electron chi connectivity index (χ4n) is 1.09. The van der Waals surface area contributed by atoms with Gasteiger partial charge in [-0.1, -0.05) is 11.8 Å². The number of nitrogens with zero attached hydrogens (tertiary/aromatic N) is 1. The predicted molar refractivity (Wildman–Crippen MR) is 64.5 cm³/mol. The monoisotopic (exact) mass is 255 g/mol. The maximum atomic E-state index is 11.2. The summed E-state index contributed by atoms with van der Waals surface area (Å²) in [5.74, 6) is -0.923. The maximum Gasteiger partial charge on any atom is 0.316 e. The molecular formula is C10H13N3O3S. The molecule has 4 N–H and O–H groups in total. The molecule has 0 bridgehead atoms. The van der Waals surface area contributed by atoms with Crippen LogP contribution >= 0.6 is 11.8 Å². The van der Waals surface area contributed by atoms with Crippen LogP contribution in [0.15, 0.2) is 17.3 Å². The van der Waals surface area contributed by atoms with E-state index in [1.807, 2.05) is 0 Å². The van der Waals surface area contributed by atoms with Crippen LogP contribution in [-0.4, -0.2) is 29.2 Å². The van der Waals surface area contributed by atoms with E-state index in [1.165, 1.54) is 12.3 Å². The predicted octanol–water partition coefficient (Wildman–Crippen LogP) is 0.418. The Morgan fingerprint density at radius 1 is 1.53 bits per heavy atom. The van der Waals surface area contributed by atoms with Gasteiger partial charge in [-0.3, -0.25) is 9.59 Å². The summed E-state index contributed by atoms with van der Waals surface area (Å²) in [6.07, 6.45) is 1.40. The largest absolute Gasteiger partial charge is 0.465 e. The topological polar surface area (TPSA) is 108 Å². The molecule has 0 aliphatic rings. The fourth-order valence-corrected chi connectivity index (χ4v) is 1.87. The van der Waals surface area contributed by atoms with E-state index in [4.69, 9.17) is 16.2 Å². The summed E-state index contributed by atoms with van der Waals surface area (Å²) in [4.78, 5) is 26.3. The molecular weight excluding hydrogens is 242 g/mol. The standard InChI is InChI=1S/C10H13N3O3S/c1-2-16-8(14)5-17-10-7(9(12)15)3-6(11)4-13-10/h3-4H,2,5,11H2,1H3,(H2,12,15). The van der Waals surface area contributed by atoms with Crippen LogP contribution in [0.5, 0.6) is 0 Å². The SMILES string of the molecule is CCOC(=O)CSc1ncc(N)cc1C(N)=O. The summed E-state index contributed by atoms with van der Waals surface area (Å²) in [6.45, 7) is 2.04. The van der Waals surface area contributed by atoms with Gasteiger partial charge in [-0.05, 0) is 13.0 Å². The van der Waals surface area contributed by atoms with E-state index in [-0.39, 0.29) is 17.3 Å².